The molecule has 7 N–H and O–H groups in total. The number of hydrazine groups is 1. The fourth-order valence-corrected chi connectivity index (χ4v) is 5.22. The van der Waals surface area contributed by atoms with Gasteiger partial charge in [-0.15, -0.1) is 11.3 Å². The summed E-state index contributed by atoms with van der Waals surface area (Å²) in [7, 11) is 0. The molecule has 1 saturated carbocycles. The Balaban J connectivity index is 1.64. The van der Waals surface area contributed by atoms with Crippen LogP contribution in [0.25, 0.3) is 21.2 Å². The lowest BCUT2D eigenvalue weighted by Gasteiger charge is -2.32. The minimum Gasteiger partial charge on any atom is -0.398 e. The summed E-state index contributed by atoms with van der Waals surface area (Å²) in [6.07, 6.45) is -7.40. The predicted molar refractivity (Wildman–Crippen MR) is 124 cm³/mol. The molecule has 2 heterocycles. The summed E-state index contributed by atoms with van der Waals surface area (Å²) >= 11 is 0.999. The molecule has 1 aliphatic carbocycles. The SMILES string of the molecule is NC(=O)c1sc2cc(CN(N)/C=C(\N)C(O)(C3CC3)C(F)(F)F)ccc2c1-c1ccc(C(F)(F)F)nc1. The third-order valence-corrected chi connectivity index (χ3v) is 7.20. The molecule has 0 bridgehead atoms. The number of nitrogens with two attached hydrogens (primary N) is 3. The number of hydrogen-bond acceptors (Lipinski definition) is 7. The number of pyridine rings is 1. The molecule has 198 valence electrons. The lowest BCUT2D eigenvalue weighted by atomic mass is 9.93. The molecule has 2 aromatic heterocycles. The zero-order valence-corrected chi connectivity index (χ0v) is 19.7. The number of rotatable bonds is 7. The number of aliphatic hydroxyl groups is 1. The number of carbonyl (C=O) groups excluding carboxylic acids is 1. The fourth-order valence-electron chi connectivity index (χ4n) is 4.07. The normalized spacial score (nSPS) is 16.6. The van der Waals surface area contributed by atoms with Gasteiger partial charge in [-0.05, 0) is 30.5 Å². The molecule has 1 unspecified atom stereocenters. The number of carbonyl (C=O) groups is 1. The van der Waals surface area contributed by atoms with Crippen LogP contribution in [-0.4, -0.2) is 32.8 Å². The molecular formula is C23H21F6N5O2S. The quantitative estimate of drug-likeness (QED) is 0.199. The zero-order chi connectivity index (χ0) is 27.3. The maximum Gasteiger partial charge on any atom is 0.433 e. The van der Waals surface area contributed by atoms with E-state index in [1.165, 1.54) is 6.07 Å². The van der Waals surface area contributed by atoms with Gasteiger partial charge in [0.25, 0.3) is 5.91 Å². The topological polar surface area (TPSA) is 131 Å². The number of primary amides is 1. The first-order chi connectivity index (χ1) is 17.1. The number of nitrogens with zero attached hydrogens (tertiary/aromatic N) is 2. The molecular weight excluding hydrogens is 524 g/mol. The molecule has 0 radical (unpaired) electrons. The number of alkyl halides is 6. The van der Waals surface area contributed by atoms with Crippen LogP contribution in [0.15, 0.2) is 48.4 Å². The second kappa shape index (κ2) is 9.19. The molecule has 3 aromatic rings. The van der Waals surface area contributed by atoms with E-state index in [0.717, 1.165) is 34.8 Å². The molecule has 7 nitrogen and oxygen atoms in total. The summed E-state index contributed by atoms with van der Waals surface area (Å²) in [6, 6.07) is 6.78. The van der Waals surface area contributed by atoms with Crippen LogP contribution in [0.1, 0.15) is 33.8 Å². The summed E-state index contributed by atoms with van der Waals surface area (Å²) in [5, 5.41) is 11.7. The van der Waals surface area contributed by atoms with E-state index in [2.05, 4.69) is 4.98 Å². The summed E-state index contributed by atoms with van der Waals surface area (Å²) in [5.41, 5.74) is 7.13. The molecule has 1 aliphatic rings. The van der Waals surface area contributed by atoms with Crippen molar-refractivity contribution >= 4 is 27.3 Å². The average Bonchev–Trinajstić information content (AvgIpc) is 3.57. The maximum absolute atomic E-state index is 13.5. The summed E-state index contributed by atoms with van der Waals surface area (Å²) in [6.45, 7) is -0.101. The standard InChI is InChI=1S/C23H21F6N5O2S/c24-22(25,26)17-6-2-12(8-33-17)18-14-5-1-11(7-15(14)37-19(18)20(31)35)9-34(32)10-16(30)21(36,13-3-4-13)23(27,28)29/h1-2,5-8,10,13,36H,3-4,9,30,32H2,(H2,31,35)/b16-10-. The van der Waals surface area contributed by atoms with Crippen molar-refractivity contribution in [1.29, 1.82) is 0 Å². The Morgan fingerprint density at radius 2 is 1.81 bits per heavy atom. The zero-order valence-electron chi connectivity index (χ0n) is 18.9. The van der Waals surface area contributed by atoms with Crippen molar-refractivity contribution < 1.29 is 36.2 Å². The first-order valence-corrected chi connectivity index (χ1v) is 11.6. The van der Waals surface area contributed by atoms with Gasteiger partial charge in [-0.3, -0.25) is 9.78 Å². The van der Waals surface area contributed by atoms with Crippen molar-refractivity contribution in [2.45, 2.75) is 37.3 Å². The molecule has 1 amide bonds. The number of benzene rings is 1. The van der Waals surface area contributed by atoms with Gasteiger partial charge in [0.2, 0.25) is 5.60 Å². The third kappa shape index (κ3) is 5.08. The minimum absolute atomic E-state index is 0.0992. The van der Waals surface area contributed by atoms with Crippen LogP contribution in [0.4, 0.5) is 26.3 Å². The van der Waals surface area contributed by atoms with Crippen molar-refractivity contribution in [3.05, 3.63) is 64.6 Å². The Morgan fingerprint density at radius 1 is 1.14 bits per heavy atom. The molecule has 0 aliphatic heterocycles. The molecule has 1 atom stereocenters. The minimum atomic E-state index is -4.97. The van der Waals surface area contributed by atoms with E-state index in [4.69, 9.17) is 17.3 Å². The summed E-state index contributed by atoms with van der Waals surface area (Å²) in [5.74, 6) is 4.03. The van der Waals surface area contributed by atoms with Crippen molar-refractivity contribution in [2.75, 3.05) is 0 Å². The number of fused-ring (bicyclic) bond motifs is 1. The predicted octanol–water partition coefficient (Wildman–Crippen LogP) is 4.26. The third-order valence-electron chi connectivity index (χ3n) is 6.03. The highest BCUT2D eigenvalue weighted by molar-refractivity contribution is 7.21. The fraction of sp³-hybridized carbons (Fsp3) is 0.304. The molecule has 14 heteroatoms. The van der Waals surface area contributed by atoms with Gasteiger partial charge in [-0.2, -0.15) is 26.3 Å². The van der Waals surface area contributed by atoms with Crippen LogP contribution in [-0.2, 0) is 12.7 Å². The monoisotopic (exact) mass is 545 g/mol. The molecule has 1 aromatic carbocycles. The van der Waals surface area contributed by atoms with E-state index in [1.54, 1.807) is 18.2 Å². The molecule has 0 saturated heterocycles. The van der Waals surface area contributed by atoms with E-state index < -0.39 is 41.2 Å². The first kappa shape index (κ1) is 26.7. The van der Waals surface area contributed by atoms with Crippen LogP contribution in [0.5, 0.6) is 0 Å². The van der Waals surface area contributed by atoms with E-state index >= 15 is 0 Å². The first-order valence-electron chi connectivity index (χ1n) is 10.8. The molecule has 1 fully saturated rings. The number of thiophene rings is 1. The van der Waals surface area contributed by atoms with E-state index in [1.807, 2.05) is 0 Å². The van der Waals surface area contributed by atoms with Crippen LogP contribution in [0.2, 0.25) is 0 Å². The van der Waals surface area contributed by atoms with Crippen LogP contribution in [0, 0.1) is 5.92 Å². The number of halogens is 6. The summed E-state index contributed by atoms with van der Waals surface area (Å²) < 4.78 is 79.7. The van der Waals surface area contributed by atoms with Gasteiger partial charge < -0.3 is 21.6 Å². The second-order valence-corrected chi connectivity index (χ2v) is 9.78. The molecule has 0 spiro atoms. The highest BCUT2D eigenvalue weighted by Crippen LogP contribution is 2.50. The van der Waals surface area contributed by atoms with Crippen molar-refractivity contribution in [1.82, 2.24) is 9.99 Å². The van der Waals surface area contributed by atoms with E-state index in [0.29, 0.717) is 21.2 Å². The Kier molecular flexibility index (Phi) is 6.63. The van der Waals surface area contributed by atoms with Crippen LogP contribution >= 0.6 is 11.3 Å². The van der Waals surface area contributed by atoms with Crippen LogP contribution in [0.3, 0.4) is 0 Å². The second-order valence-electron chi connectivity index (χ2n) is 8.73. The van der Waals surface area contributed by atoms with Gasteiger partial charge in [0, 0.05) is 39.5 Å². The lowest BCUT2D eigenvalue weighted by Crippen LogP contribution is -2.52. The van der Waals surface area contributed by atoms with Gasteiger partial charge in [-0.25, -0.2) is 5.84 Å². The van der Waals surface area contributed by atoms with Crippen molar-refractivity contribution in [3.8, 4) is 11.1 Å². The number of hydrogen-bond donors (Lipinski definition) is 4. The Morgan fingerprint density at radius 3 is 2.32 bits per heavy atom. The Bertz CT molecular complexity index is 1360. The number of amides is 1. The smallest absolute Gasteiger partial charge is 0.398 e. The highest BCUT2D eigenvalue weighted by atomic mass is 32.1. The maximum atomic E-state index is 13.5. The van der Waals surface area contributed by atoms with Crippen LogP contribution < -0.4 is 17.3 Å². The van der Waals surface area contributed by atoms with Gasteiger partial charge >= 0.3 is 12.4 Å². The number of aromatic nitrogens is 1. The van der Waals surface area contributed by atoms with E-state index in [-0.39, 0.29) is 29.8 Å². The summed E-state index contributed by atoms with van der Waals surface area (Å²) in [4.78, 5) is 15.6. The Hall–Kier alpha value is -3.36. The lowest BCUT2D eigenvalue weighted by molar-refractivity contribution is -0.252. The van der Waals surface area contributed by atoms with Crippen molar-refractivity contribution in [2.24, 2.45) is 23.2 Å². The van der Waals surface area contributed by atoms with Gasteiger partial charge in [-0.1, -0.05) is 18.2 Å². The van der Waals surface area contributed by atoms with E-state index in [9.17, 15) is 36.2 Å². The average molecular weight is 546 g/mol. The molecule has 37 heavy (non-hydrogen) atoms. The highest BCUT2D eigenvalue weighted by Gasteiger charge is 2.63. The molecule has 4 rings (SSSR count). The van der Waals surface area contributed by atoms with Crippen molar-refractivity contribution in [3.63, 3.8) is 0 Å². The largest absolute Gasteiger partial charge is 0.433 e. The Labute approximate surface area is 210 Å². The van der Waals surface area contributed by atoms with Gasteiger partial charge in [0.15, 0.2) is 0 Å². The van der Waals surface area contributed by atoms with Gasteiger partial charge in [0.05, 0.1) is 12.2 Å². The van der Waals surface area contributed by atoms with Gasteiger partial charge in [0.1, 0.15) is 10.6 Å².